The Balaban J connectivity index is 3.32. The number of nitrogens with zero attached hydrogens (tertiary/aromatic N) is 2. The third-order valence-electron chi connectivity index (χ3n) is 1.28. The van der Waals surface area contributed by atoms with Crippen LogP contribution in [0.5, 0.6) is 0 Å². The van der Waals surface area contributed by atoms with Crippen molar-refractivity contribution in [1.82, 2.24) is 9.55 Å². The van der Waals surface area contributed by atoms with Gasteiger partial charge in [0, 0.05) is 0 Å². The molecule has 0 aromatic carbocycles. The molecule has 0 radical (unpaired) electrons. The van der Waals surface area contributed by atoms with Gasteiger partial charge in [0.15, 0.2) is 11.6 Å². The molecule has 1 heterocycles. The molecule has 6 nitrogen and oxygen atoms in total. The van der Waals surface area contributed by atoms with E-state index in [1.807, 2.05) is 0 Å². The maximum atomic E-state index is 12.7. The predicted octanol–water partition coefficient (Wildman–Crippen LogP) is -0.421. The first kappa shape index (κ1) is 9.17. The van der Waals surface area contributed by atoms with E-state index in [0.29, 0.717) is 10.8 Å². The molecule has 7 heteroatoms. The molecule has 0 unspecified atom stereocenters. The van der Waals surface area contributed by atoms with Crippen molar-refractivity contribution in [2.45, 2.75) is 0 Å². The molecule has 0 bridgehead atoms. The number of hydrogen-bond acceptors (Lipinski definition) is 5. The molecule has 2 N–H and O–H groups in total. The lowest BCUT2D eigenvalue weighted by molar-refractivity contribution is 0.171. The predicted molar refractivity (Wildman–Crippen MR) is 40.7 cm³/mol. The van der Waals surface area contributed by atoms with Crippen LogP contribution >= 0.6 is 0 Å². The van der Waals surface area contributed by atoms with Gasteiger partial charge >= 0.3 is 11.8 Å². The maximum absolute atomic E-state index is 12.7. The highest BCUT2D eigenvalue weighted by Crippen LogP contribution is 2.00. The Hall–Kier alpha value is -1.92. The number of methoxy groups -OCH3 is 1. The van der Waals surface area contributed by atoms with E-state index in [2.05, 4.69) is 9.72 Å². The highest BCUT2D eigenvalue weighted by molar-refractivity contribution is 5.69. The molecule has 0 aliphatic carbocycles. The number of ether oxygens (including phenoxy) is 1. The normalized spacial score (nSPS) is 9.69. The third kappa shape index (κ3) is 1.63. The smallest absolute Gasteiger partial charge is 0.422 e. The average Bonchev–Trinajstić information content (AvgIpc) is 2.10. The van der Waals surface area contributed by atoms with Gasteiger partial charge in [0.2, 0.25) is 0 Å². The lowest BCUT2D eigenvalue weighted by atomic mass is 10.5. The number of anilines is 1. The Morgan fingerprint density at radius 2 is 2.38 bits per heavy atom. The minimum atomic E-state index is -1.02. The quantitative estimate of drug-likeness (QED) is 0.595. The molecular weight excluding hydrogens is 181 g/mol. The number of nitrogen functional groups attached to an aromatic ring is 1. The molecule has 0 amide bonds. The van der Waals surface area contributed by atoms with Gasteiger partial charge in [-0.15, -0.1) is 0 Å². The second-order valence-electron chi connectivity index (χ2n) is 2.10. The van der Waals surface area contributed by atoms with Crippen LogP contribution in [0.1, 0.15) is 0 Å². The fraction of sp³-hybridized carbons (Fsp3) is 0.167. The second-order valence-corrected chi connectivity index (χ2v) is 2.10. The number of nitrogens with two attached hydrogens (primary N) is 1. The summed E-state index contributed by atoms with van der Waals surface area (Å²) in [6.07, 6.45) is -0.396. The van der Waals surface area contributed by atoms with E-state index < -0.39 is 23.4 Å². The molecule has 1 rings (SSSR count). The van der Waals surface area contributed by atoms with Crippen LogP contribution in [-0.4, -0.2) is 22.8 Å². The summed E-state index contributed by atoms with van der Waals surface area (Å²) in [4.78, 5) is 24.7. The van der Waals surface area contributed by atoms with Gasteiger partial charge in [-0.3, -0.25) is 0 Å². The van der Waals surface area contributed by atoms with Crippen molar-refractivity contribution >= 4 is 11.9 Å². The van der Waals surface area contributed by atoms with Crippen molar-refractivity contribution < 1.29 is 13.9 Å². The maximum Gasteiger partial charge on any atom is 0.422 e. The number of rotatable bonds is 0. The van der Waals surface area contributed by atoms with Gasteiger partial charge in [-0.1, -0.05) is 0 Å². The van der Waals surface area contributed by atoms with Gasteiger partial charge in [0.05, 0.1) is 13.3 Å². The molecule has 0 fully saturated rings. The molecule has 13 heavy (non-hydrogen) atoms. The molecule has 0 saturated carbocycles. The Labute approximate surface area is 71.8 Å². The number of aromatic nitrogens is 2. The van der Waals surface area contributed by atoms with E-state index in [1.165, 1.54) is 0 Å². The fourth-order valence-corrected chi connectivity index (χ4v) is 0.674. The van der Waals surface area contributed by atoms with E-state index in [9.17, 15) is 14.0 Å². The van der Waals surface area contributed by atoms with E-state index in [-0.39, 0.29) is 0 Å². The summed E-state index contributed by atoms with van der Waals surface area (Å²) < 4.78 is 17.3. The lowest BCUT2D eigenvalue weighted by Crippen LogP contribution is -2.30. The van der Waals surface area contributed by atoms with Gasteiger partial charge in [-0.2, -0.15) is 9.55 Å². The van der Waals surface area contributed by atoms with Gasteiger partial charge in [0.1, 0.15) is 0 Å². The first-order chi connectivity index (χ1) is 6.06. The molecule has 0 atom stereocenters. The van der Waals surface area contributed by atoms with Crippen LogP contribution in [0.3, 0.4) is 0 Å². The molecule has 0 aliphatic rings. The molecule has 1 aromatic heterocycles. The van der Waals surface area contributed by atoms with Crippen molar-refractivity contribution in [1.29, 1.82) is 0 Å². The zero-order valence-corrected chi connectivity index (χ0v) is 6.65. The first-order valence-electron chi connectivity index (χ1n) is 3.19. The molecule has 0 aliphatic heterocycles. The van der Waals surface area contributed by atoms with Crippen molar-refractivity contribution in [3.63, 3.8) is 0 Å². The first-order valence-corrected chi connectivity index (χ1v) is 3.19. The van der Waals surface area contributed by atoms with E-state index in [1.54, 1.807) is 0 Å². The van der Waals surface area contributed by atoms with Gasteiger partial charge in [0.25, 0.3) is 0 Å². The standard InChI is InChI=1S/C6H6FN3O3/c1-13-6(12)10-2-3(7)4(8)9-5(10)11/h2H,1H3,(H2,8,9,11). The van der Waals surface area contributed by atoms with Gasteiger partial charge < -0.3 is 10.5 Å². The van der Waals surface area contributed by atoms with Crippen LogP contribution in [0, 0.1) is 5.82 Å². The number of carbonyl (C=O) groups excluding carboxylic acids is 1. The summed E-state index contributed by atoms with van der Waals surface area (Å²) in [5.41, 5.74) is 4.00. The molecule has 1 aromatic rings. The molecular formula is C6H6FN3O3. The summed E-state index contributed by atoms with van der Waals surface area (Å²) in [6, 6.07) is 0. The van der Waals surface area contributed by atoms with E-state index in [0.717, 1.165) is 7.11 Å². The monoisotopic (exact) mass is 187 g/mol. The highest BCUT2D eigenvalue weighted by atomic mass is 19.1. The van der Waals surface area contributed by atoms with E-state index in [4.69, 9.17) is 5.73 Å². The Morgan fingerprint density at radius 1 is 1.77 bits per heavy atom. The Morgan fingerprint density at radius 3 is 2.92 bits per heavy atom. The summed E-state index contributed by atoms with van der Waals surface area (Å²) >= 11 is 0. The minimum absolute atomic E-state index is 0.381. The van der Waals surface area contributed by atoms with Crippen LogP contribution < -0.4 is 11.4 Å². The fourth-order valence-electron chi connectivity index (χ4n) is 0.674. The summed E-state index contributed by atoms with van der Waals surface area (Å²) in [6.45, 7) is 0. The van der Waals surface area contributed by atoms with Crippen LogP contribution in [0.25, 0.3) is 0 Å². The van der Waals surface area contributed by atoms with Gasteiger partial charge in [-0.05, 0) is 0 Å². The Bertz CT molecular complexity index is 401. The minimum Gasteiger partial charge on any atom is -0.452 e. The van der Waals surface area contributed by atoms with Crippen molar-refractivity contribution in [3.8, 4) is 0 Å². The lowest BCUT2D eigenvalue weighted by Gasteiger charge is -2.01. The van der Waals surface area contributed by atoms with Crippen molar-refractivity contribution in [2.24, 2.45) is 0 Å². The summed E-state index contributed by atoms with van der Waals surface area (Å²) in [5, 5.41) is 0. The highest BCUT2D eigenvalue weighted by Gasteiger charge is 2.11. The van der Waals surface area contributed by atoms with Gasteiger partial charge in [-0.25, -0.2) is 14.0 Å². The third-order valence-corrected chi connectivity index (χ3v) is 1.28. The topological polar surface area (TPSA) is 87.2 Å². The Kier molecular flexibility index (Phi) is 2.27. The second kappa shape index (κ2) is 3.21. The summed E-state index contributed by atoms with van der Waals surface area (Å²) in [7, 11) is 1.06. The van der Waals surface area contributed by atoms with Crippen LogP contribution in [-0.2, 0) is 4.74 Å². The van der Waals surface area contributed by atoms with Crippen LogP contribution in [0.4, 0.5) is 15.0 Å². The average molecular weight is 187 g/mol. The summed E-state index contributed by atoms with van der Waals surface area (Å²) in [5.74, 6) is -1.50. The zero-order chi connectivity index (χ0) is 10.0. The zero-order valence-electron chi connectivity index (χ0n) is 6.65. The SMILES string of the molecule is COC(=O)n1cc(F)c(N)nc1=O. The molecule has 0 spiro atoms. The van der Waals surface area contributed by atoms with E-state index >= 15 is 0 Å². The molecule has 0 saturated heterocycles. The molecule has 70 valence electrons. The van der Waals surface area contributed by atoms with Crippen LogP contribution in [0.15, 0.2) is 11.0 Å². The number of halogens is 1. The number of carbonyl (C=O) groups is 1. The van der Waals surface area contributed by atoms with Crippen molar-refractivity contribution in [3.05, 3.63) is 22.5 Å². The largest absolute Gasteiger partial charge is 0.452 e. The van der Waals surface area contributed by atoms with Crippen LogP contribution in [0.2, 0.25) is 0 Å². The van der Waals surface area contributed by atoms with Crippen molar-refractivity contribution in [2.75, 3.05) is 12.8 Å². The number of hydrogen-bond donors (Lipinski definition) is 1.